The summed E-state index contributed by atoms with van der Waals surface area (Å²) in [5.74, 6) is -0.754. The zero-order valence-electron chi connectivity index (χ0n) is 11.1. The van der Waals surface area contributed by atoms with Crippen molar-refractivity contribution in [2.24, 2.45) is 11.8 Å². The van der Waals surface area contributed by atoms with Gasteiger partial charge in [0, 0.05) is 6.04 Å². The predicted molar refractivity (Wildman–Crippen MR) is 69.8 cm³/mol. The molecule has 0 saturated heterocycles. The van der Waals surface area contributed by atoms with Gasteiger partial charge in [-0.05, 0) is 31.6 Å². The fraction of sp³-hybridized carbons (Fsp3) is 0.917. The largest absolute Gasteiger partial charge is 0.481 e. The van der Waals surface area contributed by atoms with Crippen molar-refractivity contribution < 1.29 is 18.3 Å². The summed E-state index contributed by atoms with van der Waals surface area (Å²) in [5.41, 5.74) is 0. The number of nitrogens with one attached hydrogen (secondary N) is 1. The summed E-state index contributed by atoms with van der Waals surface area (Å²) < 4.78 is 26.3. The highest BCUT2D eigenvalue weighted by Gasteiger charge is 2.29. The van der Waals surface area contributed by atoms with E-state index in [0.717, 1.165) is 12.8 Å². The Morgan fingerprint density at radius 2 is 2.06 bits per heavy atom. The zero-order valence-corrected chi connectivity index (χ0v) is 11.9. The number of carboxylic acids is 1. The highest BCUT2D eigenvalue weighted by Crippen LogP contribution is 2.25. The van der Waals surface area contributed by atoms with Gasteiger partial charge in [0.2, 0.25) is 10.0 Å². The number of hydrogen-bond donors (Lipinski definition) is 2. The number of aliphatic carboxylic acids is 1. The van der Waals surface area contributed by atoms with Gasteiger partial charge in [0.15, 0.2) is 0 Å². The molecule has 5 nitrogen and oxygen atoms in total. The van der Waals surface area contributed by atoms with Gasteiger partial charge in [0.25, 0.3) is 0 Å². The first kappa shape index (κ1) is 15.4. The van der Waals surface area contributed by atoms with Gasteiger partial charge >= 0.3 is 5.97 Å². The molecule has 0 spiro atoms. The molecule has 2 N–H and O–H groups in total. The van der Waals surface area contributed by atoms with Crippen LogP contribution in [0.5, 0.6) is 0 Å². The second-order valence-corrected chi connectivity index (χ2v) is 7.39. The molecule has 0 aromatic rings. The van der Waals surface area contributed by atoms with Gasteiger partial charge in [-0.3, -0.25) is 4.79 Å². The fourth-order valence-corrected chi connectivity index (χ4v) is 3.85. The second-order valence-electron chi connectivity index (χ2n) is 5.52. The number of sulfonamides is 1. The molecule has 106 valence electrons. The quantitative estimate of drug-likeness (QED) is 0.772. The molecule has 1 saturated carbocycles. The summed E-state index contributed by atoms with van der Waals surface area (Å²) in [6, 6.07) is -0.211. The van der Waals surface area contributed by atoms with Crippen molar-refractivity contribution in [3.8, 4) is 0 Å². The maximum atomic E-state index is 11.8. The van der Waals surface area contributed by atoms with E-state index in [1.165, 1.54) is 0 Å². The molecule has 0 aliphatic heterocycles. The minimum atomic E-state index is -3.27. The van der Waals surface area contributed by atoms with Crippen LogP contribution < -0.4 is 4.72 Å². The van der Waals surface area contributed by atoms with Crippen molar-refractivity contribution in [2.45, 2.75) is 52.0 Å². The average Bonchev–Trinajstić information content (AvgIpc) is 2.26. The molecular weight excluding hydrogens is 254 g/mol. The Morgan fingerprint density at radius 1 is 1.39 bits per heavy atom. The third kappa shape index (κ3) is 5.35. The Hall–Kier alpha value is -0.620. The van der Waals surface area contributed by atoms with Crippen LogP contribution in [0.15, 0.2) is 0 Å². The van der Waals surface area contributed by atoms with Crippen LogP contribution in [0.3, 0.4) is 0 Å². The van der Waals surface area contributed by atoms with Crippen LogP contribution in [-0.2, 0) is 14.8 Å². The van der Waals surface area contributed by atoms with E-state index in [2.05, 4.69) is 4.72 Å². The van der Waals surface area contributed by atoms with E-state index >= 15 is 0 Å². The van der Waals surface area contributed by atoms with Crippen molar-refractivity contribution in [2.75, 3.05) is 5.75 Å². The lowest BCUT2D eigenvalue weighted by Crippen LogP contribution is -2.41. The fourth-order valence-electron chi connectivity index (χ4n) is 2.22. The normalized spacial score (nSPS) is 25.3. The molecule has 0 bridgehead atoms. The molecule has 0 heterocycles. The van der Waals surface area contributed by atoms with Crippen LogP contribution in [0.25, 0.3) is 0 Å². The highest BCUT2D eigenvalue weighted by atomic mass is 32.2. The van der Waals surface area contributed by atoms with Crippen molar-refractivity contribution >= 4 is 16.0 Å². The lowest BCUT2D eigenvalue weighted by atomic mass is 9.86. The van der Waals surface area contributed by atoms with E-state index in [1.54, 1.807) is 0 Å². The van der Waals surface area contributed by atoms with Crippen LogP contribution >= 0.6 is 0 Å². The highest BCUT2D eigenvalue weighted by molar-refractivity contribution is 7.89. The van der Waals surface area contributed by atoms with E-state index in [-0.39, 0.29) is 11.8 Å². The maximum absolute atomic E-state index is 11.8. The predicted octanol–water partition coefficient (Wildman–Crippen LogP) is 1.60. The van der Waals surface area contributed by atoms with Crippen molar-refractivity contribution in [1.29, 1.82) is 0 Å². The zero-order chi connectivity index (χ0) is 13.8. The first-order valence-corrected chi connectivity index (χ1v) is 8.18. The Bertz CT molecular complexity index is 378. The molecule has 0 radical (unpaired) electrons. The summed E-state index contributed by atoms with van der Waals surface area (Å²) in [6.07, 6.45) is 3.21. The molecule has 1 aliphatic carbocycles. The van der Waals surface area contributed by atoms with Gasteiger partial charge in [-0.25, -0.2) is 13.1 Å². The standard InChI is InChI=1S/C12H23NO4S/c1-9(2)6-7-18(16,17)13-11-5-3-4-10(8-11)12(14)15/h9-11,13H,3-8H2,1-2H3,(H,14,15). The van der Waals surface area contributed by atoms with Crippen LogP contribution in [0.2, 0.25) is 0 Å². The molecule has 6 heteroatoms. The third-order valence-corrected chi connectivity index (χ3v) is 4.80. The first-order chi connectivity index (χ1) is 8.30. The summed E-state index contributed by atoms with van der Waals surface area (Å²) in [6.45, 7) is 3.97. The van der Waals surface area contributed by atoms with Gasteiger partial charge < -0.3 is 5.11 Å². The molecule has 2 atom stereocenters. The molecule has 1 rings (SSSR count). The summed E-state index contributed by atoms with van der Waals surface area (Å²) in [4.78, 5) is 10.9. The smallest absolute Gasteiger partial charge is 0.306 e. The van der Waals surface area contributed by atoms with Gasteiger partial charge in [-0.15, -0.1) is 0 Å². The summed E-state index contributed by atoms with van der Waals surface area (Å²) in [7, 11) is -3.27. The third-order valence-electron chi connectivity index (χ3n) is 3.33. The van der Waals surface area contributed by atoms with E-state index < -0.39 is 21.9 Å². The van der Waals surface area contributed by atoms with Gasteiger partial charge in [-0.2, -0.15) is 0 Å². The Morgan fingerprint density at radius 3 is 2.61 bits per heavy atom. The maximum Gasteiger partial charge on any atom is 0.306 e. The first-order valence-electron chi connectivity index (χ1n) is 6.53. The van der Waals surface area contributed by atoms with Crippen LogP contribution in [0.1, 0.15) is 46.0 Å². The monoisotopic (exact) mass is 277 g/mol. The number of carboxylic acid groups (broad SMARTS) is 1. The number of hydrogen-bond acceptors (Lipinski definition) is 3. The number of carbonyl (C=O) groups is 1. The second kappa shape index (κ2) is 6.52. The molecule has 0 amide bonds. The summed E-state index contributed by atoms with van der Waals surface area (Å²) >= 11 is 0. The molecular formula is C12H23NO4S. The van der Waals surface area contributed by atoms with Crippen molar-refractivity contribution in [1.82, 2.24) is 4.72 Å². The van der Waals surface area contributed by atoms with Crippen molar-refractivity contribution in [3.63, 3.8) is 0 Å². The SMILES string of the molecule is CC(C)CCS(=O)(=O)NC1CCCC(C(=O)O)C1. The van der Waals surface area contributed by atoms with Crippen LogP contribution in [0.4, 0.5) is 0 Å². The average molecular weight is 277 g/mol. The topological polar surface area (TPSA) is 83.5 Å². The lowest BCUT2D eigenvalue weighted by Gasteiger charge is -2.27. The lowest BCUT2D eigenvalue weighted by molar-refractivity contribution is -0.143. The van der Waals surface area contributed by atoms with E-state index in [9.17, 15) is 13.2 Å². The van der Waals surface area contributed by atoms with Crippen molar-refractivity contribution in [3.05, 3.63) is 0 Å². The van der Waals surface area contributed by atoms with Crippen LogP contribution in [0, 0.1) is 11.8 Å². The Balaban J connectivity index is 2.48. The molecule has 1 aliphatic rings. The Labute approximate surface area is 109 Å². The van der Waals surface area contributed by atoms with Crippen LogP contribution in [-0.4, -0.2) is 31.3 Å². The molecule has 1 fully saturated rings. The minimum Gasteiger partial charge on any atom is -0.481 e. The minimum absolute atomic E-state index is 0.124. The van der Waals surface area contributed by atoms with E-state index in [4.69, 9.17) is 5.11 Å². The molecule has 0 aromatic carbocycles. The van der Waals surface area contributed by atoms with E-state index in [0.29, 0.717) is 25.2 Å². The summed E-state index contributed by atoms with van der Waals surface area (Å²) in [5, 5.41) is 8.95. The van der Waals surface area contributed by atoms with Gasteiger partial charge in [0.05, 0.1) is 11.7 Å². The molecule has 18 heavy (non-hydrogen) atoms. The Kier molecular flexibility index (Phi) is 5.59. The van der Waals surface area contributed by atoms with Gasteiger partial charge in [-0.1, -0.05) is 20.3 Å². The number of rotatable bonds is 6. The van der Waals surface area contributed by atoms with E-state index in [1.807, 2.05) is 13.8 Å². The van der Waals surface area contributed by atoms with Gasteiger partial charge in [0.1, 0.15) is 0 Å². The molecule has 0 aromatic heterocycles. The molecule has 2 unspecified atom stereocenters.